The first kappa shape index (κ1) is 7.82. The van der Waals surface area contributed by atoms with Gasteiger partial charge in [0.15, 0.2) is 0 Å². The van der Waals surface area contributed by atoms with Gasteiger partial charge in [0.25, 0.3) is 0 Å². The SMILES string of the molecule is O=C(O)C1=CC2C=NCNC2S1. The summed E-state index contributed by atoms with van der Waals surface area (Å²) in [5.41, 5.74) is 0. The van der Waals surface area contributed by atoms with Crippen LogP contribution in [0.2, 0.25) is 0 Å². The average molecular weight is 184 g/mol. The minimum atomic E-state index is -0.843. The molecular formula is C7H8N2O2S. The van der Waals surface area contributed by atoms with E-state index in [4.69, 9.17) is 5.11 Å². The summed E-state index contributed by atoms with van der Waals surface area (Å²) in [7, 11) is 0. The third-order valence-corrected chi connectivity index (χ3v) is 3.12. The highest BCUT2D eigenvalue weighted by Crippen LogP contribution is 2.35. The van der Waals surface area contributed by atoms with Crippen molar-refractivity contribution < 1.29 is 9.90 Å². The normalized spacial score (nSPS) is 32.8. The summed E-state index contributed by atoms with van der Waals surface area (Å²) in [6, 6.07) is 0. The molecule has 0 radical (unpaired) electrons. The summed E-state index contributed by atoms with van der Waals surface area (Å²) in [4.78, 5) is 15.0. The second-order valence-electron chi connectivity index (χ2n) is 2.65. The van der Waals surface area contributed by atoms with E-state index in [1.54, 1.807) is 6.08 Å². The quantitative estimate of drug-likeness (QED) is 0.614. The van der Waals surface area contributed by atoms with Crippen LogP contribution in [-0.2, 0) is 4.79 Å². The molecule has 2 N–H and O–H groups in total. The Labute approximate surface area is 73.8 Å². The summed E-state index contributed by atoms with van der Waals surface area (Å²) < 4.78 is 0. The molecule has 2 aliphatic heterocycles. The van der Waals surface area contributed by atoms with E-state index in [-0.39, 0.29) is 11.3 Å². The number of aliphatic imine (C=N–C) groups is 1. The molecular weight excluding hydrogens is 176 g/mol. The molecule has 0 aliphatic carbocycles. The Morgan fingerprint density at radius 2 is 2.67 bits per heavy atom. The van der Waals surface area contributed by atoms with Crippen molar-refractivity contribution in [3.05, 3.63) is 11.0 Å². The molecule has 0 fully saturated rings. The van der Waals surface area contributed by atoms with Gasteiger partial charge in [-0.1, -0.05) is 17.8 Å². The van der Waals surface area contributed by atoms with E-state index in [1.165, 1.54) is 11.8 Å². The first-order valence-electron chi connectivity index (χ1n) is 3.62. The Morgan fingerprint density at radius 3 is 3.33 bits per heavy atom. The highest BCUT2D eigenvalue weighted by molar-refractivity contribution is 8.04. The van der Waals surface area contributed by atoms with Gasteiger partial charge in [0.2, 0.25) is 0 Å². The number of thioether (sulfide) groups is 1. The lowest BCUT2D eigenvalue weighted by Crippen LogP contribution is -2.35. The maximum Gasteiger partial charge on any atom is 0.341 e. The summed E-state index contributed by atoms with van der Waals surface area (Å²) in [6.45, 7) is 0.592. The van der Waals surface area contributed by atoms with E-state index >= 15 is 0 Å². The van der Waals surface area contributed by atoms with E-state index in [9.17, 15) is 4.79 Å². The minimum Gasteiger partial charge on any atom is -0.477 e. The zero-order valence-electron chi connectivity index (χ0n) is 6.23. The Kier molecular flexibility index (Phi) is 1.90. The molecule has 0 bridgehead atoms. The van der Waals surface area contributed by atoms with Crippen LogP contribution in [0.25, 0.3) is 0 Å². The van der Waals surface area contributed by atoms with Gasteiger partial charge in [-0.15, -0.1) is 0 Å². The van der Waals surface area contributed by atoms with E-state index in [0.717, 1.165) is 0 Å². The fourth-order valence-electron chi connectivity index (χ4n) is 1.25. The molecule has 0 saturated heterocycles. The van der Waals surface area contributed by atoms with Crippen molar-refractivity contribution in [2.24, 2.45) is 10.9 Å². The first-order chi connectivity index (χ1) is 5.77. The van der Waals surface area contributed by atoms with E-state index in [0.29, 0.717) is 11.6 Å². The lowest BCUT2D eigenvalue weighted by atomic mass is 10.1. The van der Waals surface area contributed by atoms with Crippen molar-refractivity contribution in [3.63, 3.8) is 0 Å². The molecule has 2 aliphatic rings. The summed E-state index contributed by atoms with van der Waals surface area (Å²) in [5.74, 6) is -0.695. The zero-order valence-corrected chi connectivity index (χ0v) is 7.04. The fraction of sp³-hybridized carbons (Fsp3) is 0.429. The number of rotatable bonds is 1. The lowest BCUT2D eigenvalue weighted by Gasteiger charge is -2.19. The zero-order chi connectivity index (χ0) is 8.55. The van der Waals surface area contributed by atoms with Crippen molar-refractivity contribution in [2.45, 2.75) is 5.37 Å². The number of nitrogens with one attached hydrogen (secondary N) is 1. The molecule has 0 saturated carbocycles. The maximum atomic E-state index is 10.6. The predicted molar refractivity (Wildman–Crippen MR) is 47.1 cm³/mol. The van der Waals surface area contributed by atoms with Crippen molar-refractivity contribution >= 4 is 23.9 Å². The highest BCUT2D eigenvalue weighted by atomic mass is 32.2. The number of carboxylic acids is 1. The van der Waals surface area contributed by atoms with Crippen LogP contribution < -0.4 is 5.32 Å². The van der Waals surface area contributed by atoms with E-state index in [2.05, 4.69) is 10.3 Å². The average Bonchev–Trinajstić information content (AvgIpc) is 2.46. The van der Waals surface area contributed by atoms with Crippen molar-refractivity contribution in [3.8, 4) is 0 Å². The molecule has 0 amide bonds. The molecule has 2 heterocycles. The summed E-state index contributed by atoms with van der Waals surface area (Å²) in [5, 5.41) is 12.0. The van der Waals surface area contributed by atoms with E-state index < -0.39 is 5.97 Å². The predicted octanol–water partition coefficient (Wildman–Crippen LogP) is 0.275. The van der Waals surface area contributed by atoms with Gasteiger partial charge < -0.3 is 5.11 Å². The Bertz CT molecular complexity index is 275. The number of hydrogen-bond acceptors (Lipinski definition) is 4. The van der Waals surface area contributed by atoms with Gasteiger partial charge >= 0.3 is 5.97 Å². The third kappa shape index (κ3) is 1.25. The minimum absolute atomic E-state index is 0.148. The second kappa shape index (κ2) is 2.91. The molecule has 2 atom stereocenters. The monoisotopic (exact) mass is 184 g/mol. The molecule has 12 heavy (non-hydrogen) atoms. The van der Waals surface area contributed by atoms with Gasteiger partial charge in [-0.25, -0.2) is 4.79 Å². The van der Waals surface area contributed by atoms with Crippen LogP contribution in [0.1, 0.15) is 0 Å². The number of carbonyl (C=O) groups is 1. The molecule has 2 unspecified atom stereocenters. The van der Waals surface area contributed by atoms with Gasteiger partial charge in [0.1, 0.15) is 0 Å². The fourth-order valence-corrected chi connectivity index (χ4v) is 2.33. The third-order valence-electron chi connectivity index (χ3n) is 1.82. The molecule has 4 nitrogen and oxygen atoms in total. The molecule has 2 rings (SSSR count). The Balaban J connectivity index is 2.16. The number of hydrogen-bond donors (Lipinski definition) is 2. The van der Waals surface area contributed by atoms with Crippen LogP contribution in [-0.4, -0.2) is 29.3 Å². The van der Waals surface area contributed by atoms with Gasteiger partial charge in [-0.2, -0.15) is 0 Å². The number of fused-ring (bicyclic) bond motifs is 1. The van der Waals surface area contributed by atoms with Gasteiger partial charge in [-0.05, 0) is 0 Å². The molecule has 0 aromatic heterocycles. The van der Waals surface area contributed by atoms with Gasteiger partial charge in [0.05, 0.1) is 16.9 Å². The first-order valence-corrected chi connectivity index (χ1v) is 4.50. The van der Waals surface area contributed by atoms with Crippen LogP contribution in [0.15, 0.2) is 16.0 Å². The van der Waals surface area contributed by atoms with E-state index in [1.807, 2.05) is 6.21 Å². The number of nitrogens with zero attached hydrogens (tertiary/aromatic N) is 1. The van der Waals surface area contributed by atoms with Crippen molar-refractivity contribution in [1.82, 2.24) is 5.32 Å². The topological polar surface area (TPSA) is 61.7 Å². The summed E-state index contributed by atoms with van der Waals surface area (Å²) >= 11 is 1.36. The molecule has 64 valence electrons. The van der Waals surface area contributed by atoms with Crippen LogP contribution in [0.3, 0.4) is 0 Å². The number of carboxylic acid groups (broad SMARTS) is 1. The molecule has 5 heteroatoms. The largest absolute Gasteiger partial charge is 0.477 e. The Hall–Kier alpha value is -0.810. The molecule has 0 aromatic rings. The molecule has 0 spiro atoms. The second-order valence-corrected chi connectivity index (χ2v) is 3.83. The highest BCUT2D eigenvalue weighted by Gasteiger charge is 2.31. The smallest absolute Gasteiger partial charge is 0.341 e. The van der Waals surface area contributed by atoms with Crippen molar-refractivity contribution in [2.75, 3.05) is 6.67 Å². The Morgan fingerprint density at radius 1 is 1.83 bits per heavy atom. The standard InChI is InChI=1S/C7H8N2O2S/c10-7(11)5-1-4-2-8-3-9-6(4)12-5/h1-2,4,6,9H,3H2,(H,10,11). The van der Waals surface area contributed by atoms with Crippen molar-refractivity contribution in [1.29, 1.82) is 0 Å². The van der Waals surface area contributed by atoms with Crippen LogP contribution in [0.5, 0.6) is 0 Å². The summed E-state index contributed by atoms with van der Waals surface area (Å²) in [6.07, 6.45) is 3.55. The van der Waals surface area contributed by atoms with Gasteiger partial charge in [0, 0.05) is 12.1 Å². The van der Waals surface area contributed by atoms with Crippen LogP contribution >= 0.6 is 11.8 Å². The molecule has 0 aromatic carbocycles. The van der Waals surface area contributed by atoms with Gasteiger partial charge in [-0.3, -0.25) is 10.3 Å². The lowest BCUT2D eigenvalue weighted by molar-refractivity contribution is -0.131. The van der Waals surface area contributed by atoms with Crippen LogP contribution in [0.4, 0.5) is 0 Å². The number of aliphatic carboxylic acids is 1. The van der Waals surface area contributed by atoms with Crippen LogP contribution in [0, 0.1) is 5.92 Å². The maximum absolute atomic E-state index is 10.6.